The van der Waals surface area contributed by atoms with E-state index < -0.39 is 0 Å². The number of hydrogen-bond donors (Lipinski definition) is 0. The summed E-state index contributed by atoms with van der Waals surface area (Å²) < 4.78 is 6.59. The summed E-state index contributed by atoms with van der Waals surface area (Å²) in [6, 6.07) is 32.5. The average molecular weight is 407 g/mol. The first kappa shape index (κ1) is 19.6. The summed E-state index contributed by atoms with van der Waals surface area (Å²) in [6.45, 7) is 6.47. The molecule has 1 nitrogen and oxygen atoms in total. The summed E-state index contributed by atoms with van der Waals surface area (Å²) in [5.74, 6) is 0. The van der Waals surface area contributed by atoms with Crippen molar-refractivity contribution >= 4 is 21.6 Å². The molecule has 0 aromatic heterocycles. The lowest BCUT2D eigenvalue weighted by molar-refractivity contribution is -0.0711. The summed E-state index contributed by atoms with van der Waals surface area (Å²) in [7, 11) is 3.87. The van der Waals surface area contributed by atoms with E-state index in [-0.39, 0.29) is 21.7 Å². The Balaban J connectivity index is 1.91. The van der Waals surface area contributed by atoms with Crippen molar-refractivity contribution < 1.29 is 4.74 Å². The van der Waals surface area contributed by atoms with Gasteiger partial charge in [-0.15, -0.1) is 0 Å². The maximum Gasteiger partial charge on any atom is 0.104 e. The van der Waals surface area contributed by atoms with Crippen molar-refractivity contribution in [2.45, 2.75) is 42.5 Å². The molecule has 3 heteroatoms. The van der Waals surface area contributed by atoms with Crippen LogP contribution in [0.15, 0.2) is 91.0 Å². The van der Waals surface area contributed by atoms with E-state index in [4.69, 9.17) is 4.74 Å². The van der Waals surface area contributed by atoms with E-state index in [2.05, 4.69) is 112 Å². The van der Waals surface area contributed by atoms with E-state index in [1.807, 2.05) is 21.6 Å². The molecule has 1 aliphatic rings. The predicted molar refractivity (Wildman–Crippen MR) is 123 cm³/mol. The molecular weight excluding hydrogens is 380 g/mol. The van der Waals surface area contributed by atoms with Crippen molar-refractivity contribution in [1.29, 1.82) is 0 Å². The Morgan fingerprint density at radius 2 is 1.18 bits per heavy atom. The molecule has 144 valence electrons. The van der Waals surface area contributed by atoms with Crippen molar-refractivity contribution in [1.82, 2.24) is 0 Å². The molecule has 0 saturated carbocycles. The fourth-order valence-corrected chi connectivity index (χ4v) is 7.78. The highest BCUT2D eigenvalue weighted by Crippen LogP contribution is 2.66. The fourth-order valence-electron chi connectivity index (χ4n) is 3.80. The second-order valence-electron chi connectivity index (χ2n) is 8.13. The van der Waals surface area contributed by atoms with Crippen LogP contribution in [0.5, 0.6) is 0 Å². The van der Waals surface area contributed by atoms with Crippen LogP contribution in [0.1, 0.15) is 42.7 Å². The summed E-state index contributed by atoms with van der Waals surface area (Å²) >= 11 is 0. The zero-order valence-corrected chi connectivity index (χ0v) is 18.2. The predicted octanol–water partition coefficient (Wildman–Crippen LogP) is 7.25. The normalized spacial score (nSPS) is 21.5. The molecule has 1 heterocycles. The van der Waals surface area contributed by atoms with Crippen LogP contribution in [0.4, 0.5) is 0 Å². The minimum absolute atomic E-state index is 0.00898. The first-order chi connectivity index (χ1) is 13.5. The van der Waals surface area contributed by atoms with Gasteiger partial charge in [-0.25, -0.2) is 0 Å². The molecule has 0 bridgehead atoms. The molecule has 2 atom stereocenters. The number of rotatable bonds is 4. The Kier molecular flexibility index (Phi) is 5.59. The van der Waals surface area contributed by atoms with Crippen LogP contribution in [0.2, 0.25) is 0 Å². The van der Waals surface area contributed by atoms with Crippen LogP contribution in [0.25, 0.3) is 0 Å². The average Bonchev–Trinajstić information content (AvgIpc) is 3.08. The van der Waals surface area contributed by atoms with Crippen LogP contribution in [0.3, 0.4) is 0 Å². The highest BCUT2D eigenvalue weighted by molar-refractivity contribution is 8.77. The van der Waals surface area contributed by atoms with Gasteiger partial charge in [-0.2, -0.15) is 0 Å². The lowest BCUT2D eigenvalue weighted by Crippen LogP contribution is -2.42. The van der Waals surface area contributed by atoms with Gasteiger partial charge in [0.05, 0.1) is 17.0 Å². The van der Waals surface area contributed by atoms with Crippen molar-refractivity contribution in [3.63, 3.8) is 0 Å². The third-order valence-electron chi connectivity index (χ3n) is 4.97. The maximum absolute atomic E-state index is 6.85. The van der Waals surface area contributed by atoms with Crippen LogP contribution >= 0.6 is 21.6 Å². The van der Waals surface area contributed by atoms with Crippen molar-refractivity contribution in [2.24, 2.45) is 0 Å². The van der Waals surface area contributed by atoms with Gasteiger partial charge in [0, 0.05) is 0 Å². The fraction of sp³-hybridized carbons (Fsp3) is 0.280. The smallest absolute Gasteiger partial charge is 0.104 e. The van der Waals surface area contributed by atoms with Gasteiger partial charge in [-0.3, -0.25) is 0 Å². The molecule has 2 unspecified atom stereocenters. The molecule has 0 spiro atoms. The van der Waals surface area contributed by atoms with Crippen molar-refractivity contribution in [2.75, 3.05) is 0 Å². The zero-order chi connectivity index (χ0) is 19.6. The van der Waals surface area contributed by atoms with E-state index in [1.165, 1.54) is 16.7 Å². The minimum Gasteiger partial charge on any atom is -0.369 e. The Bertz CT molecular complexity index is 849. The Morgan fingerprint density at radius 3 is 1.64 bits per heavy atom. The molecule has 0 amide bonds. The van der Waals surface area contributed by atoms with E-state index in [1.54, 1.807) is 0 Å². The molecule has 0 radical (unpaired) electrons. The lowest BCUT2D eigenvalue weighted by Gasteiger charge is -2.40. The second kappa shape index (κ2) is 7.98. The molecule has 1 saturated heterocycles. The molecule has 3 aromatic carbocycles. The monoisotopic (exact) mass is 406 g/mol. The van der Waals surface area contributed by atoms with E-state index >= 15 is 0 Å². The number of ether oxygens (including phenoxy) is 1. The largest absolute Gasteiger partial charge is 0.369 e. The molecule has 1 fully saturated rings. The van der Waals surface area contributed by atoms with Gasteiger partial charge in [0.25, 0.3) is 0 Å². The van der Waals surface area contributed by atoms with Gasteiger partial charge >= 0.3 is 0 Å². The molecule has 0 aliphatic carbocycles. The van der Waals surface area contributed by atoms with Crippen molar-refractivity contribution in [3.05, 3.63) is 108 Å². The minimum atomic E-state index is -0.263. The van der Waals surface area contributed by atoms with E-state index in [0.717, 1.165) is 0 Å². The van der Waals surface area contributed by atoms with Gasteiger partial charge in [0.2, 0.25) is 0 Å². The lowest BCUT2D eigenvalue weighted by atomic mass is 9.82. The summed E-state index contributed by atoms with van der Waals surface area (Å²) in [4.78, 5) is 0. The standard InChI is InChI=1S/C25H26OS2/c1-24(2,3)26-23-22(19-13-7-4-8-14-19)27-28-25(23,20-15-9-5-10-16-20)21-17-11-6-12-18-21/h4-18,22-23H,1-3H3. The Morgan fingerprint density at radius 1 is 0.714 bits per heavy atom. The molecule has 28 heavy (non-hydrogen) atoms. The summed E-state index contributed by atoms with van der Waals surface area (Å²) in [5.41, 5.74) is 3.68. The molecule has 1 aliphatic heterocycles. The molecule has 0 N–H and O–H groups in total. The molecule has 3 aromatic rings. The summed E-state index contributed by atoms with van der Waals surface area (Å²) in [5, 5.41) is 0.255. The highest BCUT2D eigenvalue weighted by atomic mass is 33.1. The second-order valence-corrected chi connectivity index (χ2v) is 10.7. The van der Waals surface area contributed by atoms with E-state index in [0.29, 0.717) is 0 Å². The first-order valence-electron chi connectivity index (χ1n) is 9.69. The summed E-state index contributed by atoms with van der Waals surface area (Å²) in [6.07, 6.45) is 0.00898. The SMILES string of the molecule is CC(C)(C)OC1C(c2ccccc2)SSC1(c1ccccc1)c1ccccc1. The van der Waals surface area contributed by atoms with Gasteiger partial charge in [-0.1, -0.05) is 113 Å². The van der Waals surface area contributed by atoms with Gasteiger partial charge < -0.3 is 4.74 Å². The van der Waals surface area contributed by atoms with Crippen LogP contribution < -0.4 is 0 Å². The van der Waals surface area contributed by atoms with Gasteiger partial charge in [0.15, 0.2) is 0 Å². The highest BCUT2D eigenvalue weighted by Gasteiger charge is 2.55. The van der Waals surface area contributed by atoms with E-state index in [9.17, 15) is 0 Å². The Hall–Kier alpha value is -1.68. The number of hydrogen-bond acceptors (Lipinski definition) is 3. The zero-order valence-electron chi connectivity index (χ0n) is 16.5. The topological polar surface area (TPSA) is 9.23 Å². The Labute approximate surface area is 176 Å². The number of benzene rings is 3. The van der Waals surface area contributed by atoms with Crippen LogP contribution in [0, 0.1) is 0 Å². The third-order valence-corrected chi connectivity index (χ3v) is 8.46. The molecule has 4 rings (SSSR count). The van der Waals surface area contributed by atoms with Gasteiger partial charge in [-0.05, 0) is 37.5 Å². The van der Waals surface area contributed by atoms with Crippen molar-refractivity contribution in [3.8, 4) is 0 Å². The maximum atomic E-state index is 6.85. The quantitative estimate of drug-likeness (QED) is 0.422. The van der Waals surface area contributed by atoms with Gasteiger partial charge in [0.1, 0.15) is 4.75 Å². The first-order valence-corrected chi connectivity index (χ1v) is 11.9. The van der Waals surface area contributed by atoms with Crippen LogP contribution in [-0.2, 0) is 9.48 Å². The third kappa shape index (κ3) is 3.76. The van der Waals surface area contributed by atoms with Crippen LogP contribution in [-0.4, -0.2) is 11.7 Å². The molecular formula is C25H26OS2.